The van der Waals surface area contributed by atoms with Crippen LogP contribution in [-0.2, 0) is 6.42 Å². The average molecular weight is 283 g/mol. The van der Waals surface area contributed by atoms with Crippen LogP contribution < -0.4 is 4.74 Å². The highest BCUT2D eigenvalue weighted by atomic mass is 16.5. The number of ether oxygens (including phenoxy) is 1. The Hall–Kier alpha value is -1.94. The first-order valence-electron chi connectivity index (χ1n) is 7.23. The first kappa shape index (κ1) is 14.0. The van der Waals surface area contributed by atoms with E-state index in [2.05, 4.69) is 29.0 Å². The van der Waals surface area contributed by atoms with Gasteiger partial charge in [0, 0.05) is 18.9 Å². The second-order valence-corrected chi connectivity index (χ2v) is 5.55. The largest absolute Gasteiger partial charge is 0.474 e. The Balaban J connectivity index is 1.66. The van der Waals surface area contributed by atoms with E-state index in [1.807, 2.05) is 24.3 Å². The monoisotopic (exact) mass is 283 g/mol. The van der Waals surface area contributed by atoms with Gasteiger partial charge in [0.2, 0.25) is 5.88 Å². The van der Waals surface area contributed by atoms with Crippen molar-refractivity contribution in [2.45, 2.75) is 31.5 Å². The van der Waals surface area contributed by atoms with Crippen LogP contribution in [0.15, 0.2) is 42.7 Å². The van der Waals surface area contributed by atoms with E-state index >= 15 is 0 Å². The summed E-state index contributed by atoms with van der Waals surface area (Å²) in [5.41, 5.74) is 2.13. The van der Waals surface area contributed by atoms with Crippen LogP contribution in [0.3, 0.4) is 0 Å². The first-order valence-corrected chi connectivity index (χ1v) is 7.23. The van der Waals surface area contributed by atoms with Gasteiger partial charge in [0.05, 0.1) is 11.8 Å². The molecule has 3 atom stereocenters. The highest BCUT2D eigenvalue weighted by Gasteiger charge is 2.31. The van der Waals surface area contributed by atoms with Crippen molar-refractivity contribution in [3.63, 3.8) is 0 Å². The standard InChI is InChI=1S/C17H19N2O2/c1-12-7-15(10-16(12)20)21-17-9-14(18-11-19-17)8-13-5-3-2-4-6-13/h2-6,9,11-12,15-16,20H,1,7-8,10H2/t12-,15+,16-/m0/s1. The molecule has 0 unspecified atom stereocenters. The minimum absolute atomic E-state index is 0.0121. The maximum absolute atomic E-state index is 9.72. The van der Waals surface area contributed by atoms with Crippen LogP contribution in [0.5, 0.6) is 5.88 Å². The molecule has 4 nitrogen and oxygen atoms in total. The van der Waals surface area contributed by atoms with Crippen LogP contribution in [-0.4, -0.2) is 27.3 Å². The SMILES string of the molecule is [CH2][C@H]1C[C@@H](Oc2cc(Cc3ccccc3)ncn2)C[C@@H]1O. The molecule has 4 heteroatoms. The summed E-state index contributed by atoms with van der Waals surface area (Å²) >= 11 is 0. The zero-order valence-electron chi connectivity index (χ0n) is 11.9. The summed E-state index contributed by atoms with van der Waals surface area (Å²) in [5, 5.41) is 9.72. The Morgan fingerprint density at radius 1 is 1.19 bits per heavy atom. The molecule has 3 rings (SSSR count). The molecule has 1 radical (unpaired) electrons. The van der Waals surface area contributed by atoms with Gasteiger partial charge in [0.15, 0.2) is 0 Å². The van der Waals surface area contributed by atoms with Gasteiger partial charge in [-0.15, -0.1) is 0 Å². The number of hydrogen-bond donors (Lipinski definition) is 1. The molecule has 0 aliphatic heterocycles. The smallest absolute Gasteiger partial charge is 0.216 e. The highest BCUT2D eigenvalue weighted by molar-refractivity contribution is 5.23. The van der Waals surface area contributed by atoms with E-state index in [1.54, 1.807) is 0 Å². The molecule has 1 aromatic heterocycles. The van der Waals surface area contributed by atoms with Gasteiger partial charge in [0.1, 0.15) is 12.4 Å². The summed E-state index contributed by atoms with van der Waals surface area (Å²) < 4.78 is 5.84. The predicted molar refractivity (Wildman–Crippen MR) is 79.8 cm³/mol. The minimum atomic E-state index is -0.374. The molecule has 0 saturated heterocycles. The Labute approximate surface area is 124 Å². The third kappa shape index (κ3) is 3.58. The molecule has 0 bridgehead atoms. The predicted octanol–water partition coefficient (Wildman–Crippen LogP) is 2.42. The van der Waals surface area contributed by atoms with Crippen LogP contribution in [0.2, 0.25) is 0 Å². The summed E-state index contributed by atoms with van der Waals surface area (Å²) in [6.07, 6.45) is 3.28. The number of benzene rings is 1. The third-order valence-corrected chi connectivity index (χ3v) is 3.83. The van der Waals surface area contributed by atoms with Crippen LogP contribution in [0.4, 0.5) is 0 Å². The Bertz CT molecular complexity index is 578. The Morgan fingerprint density at radius 2 is 2.00 bits per heavy atom. The van der Waals surface area contributed by atoms with Gasteiger partial charge in [-0.25, -0.2) is 9.97 Å². The fourth-order valence-electron chi connectivity index (χ4n) is 2.66. The lowest BCUT2D eigenvalue weighted by atomic mass is 10.1. The molecule has 1 aromatic carbocycles. The lowest BCUT2D eigenvalue weighted by molar-refractivity contribution is 0.134. The zero-order valence-corrected chi connectivity index (χ0v) is 11.9. The molecule has 109 valence electrons. The summed E-state index contributed by atoms with van der Waals surface area (Å²) in [7, 11) is 0. The lowest BCUT2D eigenvalue weighted by Gasteiger charge is -2.12. The molecule has 0 spiro atoms. The van der Waals surface area contributed by atoms with Crippen molar-refractivity contribution >= 4 is 0 Å². The van der Waals surface area contributed by atoms with Crippen LogP contribution in [0, 0.1) is 12.8 Å². The van der Waals surface area contributed by atoms with E-state index in [-0.39, 0.29) is 18.1 Å². The number of aromatic nitrogens is 2. The van der Waals surface area contributed by atoms with Gasteiger partial charge in [-0.2, -0.15) is 0 Å². The van der Waals surface area contributed by atoms with Gasteiger partial charge in [0.25, 0.3) is 0 Å². The summed E-state index contributed by atoms with van der Waals surface area (Å²) in [6, 6.07) is 12.0. The van der Waals surface area contributed by atoms with Gasteiger partial charge in [-0.05, 0) is 24.8 Å². The van der Waals surface area contributed by atoms with Gasteiger partial charge in [-0.1, -0.05) is 30.3 Å². The number of rotatable bonds is 4. The molecular formula is C17H19N2O2. The second kappa shape index (κ2) is 6.22. The van der Waals surface area contributed by atoms with Crippen LogP contribution in [0.25, 0.3) is 0 Å². The molecule has 1 aliphatic carbocycles. The number of aliphatic hydroxyl groups is 1. The average Bonchev–Trinajstić information content (AvgIpc) is 2.78. The van der Waals surface area contributed by atoms with E-state index in [0.717, 1.165) is 18.5 Å². The van der Waals surface area contributed by atoms with Gasteiger partial charge >= 0.3 is 0 Å². The molecule has 1 saturated carbocycles. The van der Waals surface area contributed by atoms with Crippen molar-refractivity contribution in [1.29, 1.82) is 0 Å². The maximum Gasteiger partial charge on any atom is 0.216 e. The second-order valence-electron chi connectivity index (χ2n) is 5.55. The van der Waals surface area contributed by atoms with E-state index in [1.165, 1.54) is 11.9 Å². The van der Waals surface area contributed by atoms with Crippen LogP contribution in [0.1, 0.15) is 24.1 Å². The molecule has 21 heavy (non-hydrogen) atoms. The molecular weight excluding hydrogens is 264 g/mol. The quantitative estimate of drug-likeness (QED) is 0.936. The third-order valence-electron chi connectivity index (χ3n) is 3.83. The normalized spacial score (nSPS) is 25.0. The summed E-state index contributed by atoms with van der Waals surface area (Å²) in [4.78, 5) is 8.45. The lowest BCUT2D eigenvalue weighted by Crippen LogP contribution is -2.14. The van der Waals surface area contributed by atoms with E-state index < -0.39 is 0 Å². The fourth-order valence-corrected chi connectivity index (χ4v) is 2.66. The Morgan fingerprint density at radius 3 is 2.71 bits per heavy atom. The van der Waals surface area contributed by atoms with Crippen molar-refractivity contribution in [3.8, 4) is 5.88 Å². The number of hydrogen-bond acceptors (Lipinski definition) is 4. The fraction of sp³-hybridized carbons (Fsp3) is 0.353. The van der Waals surface area contributed by atoms with Gasteiger partial charge < -0.3 is 9.84 Å². The van der Waals surface area contributed by atoms with E-state index in [4.69, 9.17) is 4.74 Å². The van der Waals surface area contributed by atoms with E-state index in [0.29, 0.717) is 12.3 Å². The van der Waals surface area contributed by atoms with Crippen molar-refractivity contribution < 1.29 is 9.84 Å². The minimum Gasteiger partial charge on any atom is -0.474 e. The molecule has 1 aliphatic rings. The topological polar surface area (TPSA) is 55.2 Å². The van der Waals surface area contributed by atoms with Crippen molar-refractivity contribution in [3.05, 3.63) is 60.9 Å². The number of nitrogens with zero attached hydrogens (tertiary/aromatic N) is 2. The molecule has 2 aromatic rings. The van der Waals surface area contributed by atoms with Crippen molar-refractivity contribution in [2.24, 2.45) is 5.92 Å². The zero-order chi connectivity index (χ0) is 14.7. The van der Waals surface area contributed by atoms with Gasteiger partial charge in [-0.3, -0.25) is 0 Å². The van der Waals surface area contributed by atoms with Crippen LogP contribution >= 0.6 is 0 Å². The highest BCUT2D eigenvalue weighted by Crippen LogP contribution is 2.28. The molecule has 0 amide bonds. The first-order chi connectivity index (χ1) is 10.2. The molecule has 1 fully saturated rings. The maximum atomic E-state index is 9.72. The number of aliphatic hydroxyl groups excluding tert-OH is 1. The van der Waals surface area contributed by atoms with E-state index in [9.17, 15) is 5.11 Å². The van der Waals surface area contributed by atoms with Crippen molar-refractivity contribution in [1.82, 2.24) is 9.97 Å². The Kier molecular flexibility index (Phi) is 4.15. The summed E-state index contributed by atoms with van der Waals surface area (Å²) in [6.45, 7) is 3.92. The molecule has 1 N–H and O–H groups in total. The van der Waals surface area contributed by atoms with Crippen molar-refractivity contribution in [2.75, 3.05) is 0 Å². The summed E-state index contributed by atoms with van der Waals surface area (Å²) in [5.74, 6) is 0.614. The molecule has 1 heterocycles.